The zero-order valence-corrected chi connectivity index (χ0v) is 15.3. The average Bonchev–Trinajstić information content (AvgIpc) is 2.63. The van der Waals surface area contributed by atoms with Gasteiger partial charge in [-0.2, -0.15) is 0 Å². The third-order valence-corrected chi connectivity index (χ3v) is 5.61. The van der Waals surface area contributed by atoms with Gasteiger partial charge >= 0.3 is 0 Å². The van der Waals surface area contributed by atoms with Crippen molar-refractivity contribution in [2.24, 2.45) is 5.92 Å². The summed E-state index contributed by atoms with van der Waals surface area (Å²) in [4.78, 5) is 26.8. The van der Waals surface area contributed by atoms with Gasteiger partial charge in [-0.1, -0.05) is 49.1 Å². The van der Waals surface area contributed by atoms with Crippen molar-refractivity contribution in [3.05, 3.63) is 35.4 Å². The zero-order chi connectivity index (χ0) is 17.6. The summed E-state index contributed by atoms with van der Waals surface area (Å²) in [6.45, 7) is 3.55. The Morgan fingerprint density at radius 3 is 2.48 bits per heavy atom. The number of hydrogen-bond donors (Lipinski definition) is 1. The molecule has 2 amide bonds. The van der Waals surface area contributed by atoms with Crippen molar-refractivity contribution in [1.29, 1.82) is 0 Å². The molecule has 0 atom stereocenters. The number of nitrogens with one attached hydrogen (secondary N) is 1. The number of likely N-dealkylation sites (tertiary alicyclic amines) is 1. The van der Waals surface area contributed by atoms with Gasteiger partial charge in [0, 0.05) is 25.0 Å². The number of piperidine rings is 1. The maximum atomic E-state index is 12.5. The van der Waals surface area contributed by atoms with E-state index in [4.69, 9.17) is 0 Å². The Balaban J connectivity index is 1.43. The van der Waals surface area contributed by atoms with Gasteiger partial charge in [0.05, 0.1) is 6.42 Å². The molecule has 4 heteroatoms. The molecule has 1 heterocycles. The molecule has 0 spiro atoms. The molecule has 2 aliphatic rings. The first-order valence-corrected chi connectivity index (χ1v) is 9.75. The van der Waals surface area contributed by atoms with Gasteiger partial charge in [0.15, 0.2) is 0 Å². The first-order valence-electron chi connectivity index (χ1n) is 9.75. The summed E-state index contributed by atoms with van der Waals surface area (Å²) in [7, 11) is 0. The van der Waals surface area contributed by atoms with Crippen LogP contribution in [0.2, 0.25) is 0 Å². The molecule has 1 saturated carbocycles. The Morgan fingerprint density at radius 1 is 1.08 bits per heavy atom. The number of amides is 2. The number of carbonyl (C=O) groups is 2. The fraction of sp³-hybridized carbons (Fsp3) is 0.619. The lowest BCUT2D eigenvalue weighted by Gasteiger charge is -2.33. The third kappa shape index (κ3) is 5.07. The number of nitrogens with zero attached hydrogens (tertiary/aromatic N) is 1. The molecule has 1 saturated heterocycles. The summed E-state index contributed by atoms with van der Waals surface area (Å²) in [6.07, 6.45) is 7.94. The summed E-state index contributed by atoms with van der Waals surface area (Å²) in [5.41, 5.74) is 2.27. The molecule has 3 rings (SSSR count). The normalized spacial score (nSPS) is 19.6. The Kier molecular flexibility index (Phi) is 6.11. The highest BCUT2D eigenvalue weighted by Gasteiger charge is 2.27. The molecule has 4 nitrogen and oxygen atoms in total. The van der Waals surface area contributed by atoms with Gasteiger partial charge in [-0.3, -0.25) is 9.59 Å². The lowest BCUT2D eigenvalue weighted by atomic mass is 9.88. The minimum absolute atomic E-state index is 0.197. The van der Waals surface area contributed by atoms with E-state index in [1.807, 2.05) is 17.0 Å². The molecule has 0 bridgehead atoms. The number of carbonyl (C=O) groups excluding carboxylic acids is 2. The zero-order valence-electron chi connectivity index (χ0n) is 15.3. The maximum absolute atomic E-state index is 12.5. The van der Waals surface area contributed by atoms with Crippen LogP contribution in [0.4, 0.5) is 0 Å². The Morgan fingerprint density at radius 2 is 1.80 bits per heavy atom. The SMILES string of the molecule is Cc1cccc(CC(=O)N2CCC(NC(=O)C3CCCCC3)CC2)c1. The van der Waals surface area contributed by atoms with Crippen LogP contribution in [-0.2, 0) is 16.0 Å². The first-order chi connectivity index (χ1) is 12.1. The highest BCUT2D eigenvalue weighted by atomic mass is 16.2. The largest absolute Gasteiger partial charge is 0.353 e. The molecule has 25 heavy (non-hydrogen) atoms. The molecule has 0 radical (unpaired) electrons. The van der Waals surface area contributed by atoms with Crippen molar-refractivity contribution >= 4 is 11.8 Å². The molecule has 2 fully saturated rings. The molecule has 1 aliphatic carbocycles. The van der Waals surface area contributed by atoms with Crippen LogP contribution in [0.5, 0.6) is 0 Å². The molecule has 136 valence electrons. The topological polar surface area (TPSA) is 49.4 Å². The van der Waals surface area contributed by atoms with Crippen molar-refractivity contribution in [3.8, 4) is 0 Å². The second-order valence-electron chi connectivity index (χ2n) is 7.66. The van der Waals surface area contributed by atoms with Crippen LogP contribution in [0.1, 0.15) is 56.1 Å². The van der Waals surface area contributed by atoms with Crippen LogP contribution in [0.25, 0.3) is 0 Å². The van der Waals surface area contributed by atoms with E-state index in [0.717, 1.165) is 44.3 Å². The van der Waals surface area contributed by atoms with Gasteiger partial charge in [-0.05, 0) is 38.2 Å². The van der Waals surface area contributed by atoms with Crippen molar-refractivity contribution in [3.63, 3.8) is 0 Å². The summed E-state index contributed by atoms with van der Waals surface area (Å²) in [5.74, 6) is 0.654. The minimum atomic E-state index is 0.197. The molecule has 1 N–H and O–H groups in total. The summed E-state index contributed by atoms with van der Waals surface area (Å²) in [5, 5.41) is 3.23. The van der Waals surface area contributed by atoms with Gasteiger partial charge in [-0.25, -0.2) is 0 Å². The Bertz CT molecular complexity index is 600. The van der Waals surface area contributed by atoms with Crippen molar-refractivity contribution < 1.29 is 9.59 Å². The molecule has 0 unspecified atom stereocenters. The average molecular weight is 342 g/mol. The number of hydrogen-bond acceptors (Lipinski definition) is 2. The summed E-state index contributed by atoms with van der Waals surface area (Å²) in [6, 6.07) is 8.38. The summed E-state index contributed by atoms with van der Waals surface area (Å²) >= 11 is 0. The van der Waals surface area contributed by atoms with E-state index in [1.54, 1.807) is 0 Å². The van der Waals surface area contributed by atoms with Crippen LogP contribution in [0.3, 0.4) is 0 Å². The quantitative estimate of drug-likeness (QED) is 0.913. The highest BCUT2D eigenvalue weighted by molar-refractivity contribution is 5.80. The molecular weight excluding hydrogens is 312 g/mol. The van der Waals surface area contributed by atoms with Gasteiger partial charge in [0.25, 0.3) is 0 Å². The maximum Gasteiger partial charge on any atom is 0.226 e. The van der Waals surface area contributed by atoms with E-state index >= 15 is 0 Å². The molecule has 0 aromatic heterocycles. The van der Waals surface area contributed by atoms with Gasteiger partial charge < -0.3 is 10.2 Å². The molecule has 1 aliphatic heterocycles. The van der Waals surface area contributed by atoms with Crippen LogP contribution < -0.4 is 5.32 Å². The second-order valence-corrected chi connectivity index (χ2v) is 7.66. The predicted octanol–water partition coefficient (Wildman–Crippen LogP) is 3.23. The van der Waals surface area contributed by atoms with Crippen LogP contribution in [0, 0.1) is 12.8 Å². The van der Waals surface area contributed by atoms with E-state index in [9.17, 15) is 9.59 Å². The Labute approximate surface area is 151 Å². The van der Waals surface area contributed by atoms with Crippen molar-refractivity contribution in [2.45, 2.75) is 64.3 Å². The minimum Gasteiger partial charge on any atom is -0.353 e. The van der Waals surface area contributed by atoms with E-state index < -0.39 is 0 Å². The fourth-order valence-electron chi connectivity index (χ4n) is 4.07. The molecular formula is C21H30N2O2. The van der Waals surface area contributed by atoms with Gasteiger partial charge in [0.1, 0.15) is 0 Å². The van der Waals surface area contributed by atoms with Crippen LogP contribution >= 0.6 is 0 Å². The van der Waals surface area contributed by atoms with E-state index in [1.165, 1.54) is 24.8 Å². The second kappa shape index (κ2) is 8.50. The number of benzene rings is 1. The van der Waals surface area contributed by atoms with E-state index in [0.29, 0.717) is 6.42 Å². The highest BCUT2D eigenvalue weighted by Crippen LogP contribution is 2.24. The van der Waals surface area contributed by atoms with Gasteiger partial charge in [0.2, 0.25) is 11.8 Å². The van der Waals surface area contributed by atoms with Crippen LogP contribution in [0.15, 0.2) is 24.3 Å². The third-order valence-electron chi connectivity index (χ3n) is 5.61. The smallest absolute Gasteiger partial charge is 0.226 e. The number of rotatable bonds is 4. The predicted molar refractivity (Wildman–Crippen MR) is 99.2 cm³/mol. The van der Waals surface area contributed by atoms with Crippen molar-refractivity contribution in [1.82, 2.24) is 10.2 Å². The standard InChI is InChI=1S/C21H30N2O2/c1-16-6-5-7-17(14-16)15-20(24)23-12-10-19(11-13-23)22-21(25)18-8-3-2-4-9-18/h5-7,14,18-19H,2-4,8-13,15H2,1H3,(H,22,25). The first kappa shape index (κ1) is 18.0. The van der Waals surface area contributed by atoms with E-state index in [-0.39, 0.29) is 23.8 Å². The number of aryl methyl sites for hydroxylation is 1. The lowest BCUT2D eigenvalue weighted by molar-refractivity contribution is -0.131. The van der Waals surface area contributed by atoms with Gasteiger partial charge in [-0.15, -0.1) is 0 Å². The Hall–Kier alpha value is -1.84. The monoisotopic (exact) mass is 342 g/mol. The lowest BCUT2D eigenvalue weighted by Crippen LogP contribution is -2.48. The fourth-order valence-corrected chi connectivity index (χ4v) is 4.07. The molecule has 1 aromatic carbocycles. The molecule has 1 aromatic rings. The summed E-state index contributed by atoms with van der Waals surface area (Å²) < 4.78 is 0. The van der Waals surface area contributed by atoms with Crippen molar-refractivity contribution in [2.75, 3.05) is 13.1 Å². The van der Waals surface area contributed by atoms with E-state index in [2.05, 4.69) is 24.4 Å². The van der Waals surface area contributed by atoms with Crippen LogP contribution in [-0.4, -0.2) is 35.8 Å².